The van der Waals surface area contributed by atoms with E-state index in [0.717, 1.165) is 76.4 Å². The number of nitrogens with zero attached hydrogens (tertiary/aromatic N) is 3. The van der Waals surface area contributed by atoms with Gasteiger partial charge in [0, 0.05) is 28.5 Å². The molecule has 6 aromatic rings. The molecule has 0 N–H and O–H groups in total. The Labute approximate surface area is 270 Å². The molecule has 46 heavy (non-hydrogen) atoms. The predicted molar refractivity (Wildman–Crippen MR) is 190 cm³/mol. The molecule has 3 nitrogen and oxygen atoms in total. The molecule has 0 radical (unpaired) electrons. The third-order valence-electron chi connectivity index (χ3n) is 8.92. The highest BCUT2D eigenvalue weighted by molar-refractivity contribution is 5.91. The summed E-state index contributed by atoms with van der Waals surface area (Å²) in [5.74, 6) is 0.737. The third-order valence-corrected chi connectivity index (χ3v) is 8.92. The molecule has 0 amide bonds. The molecule has 0 unspecified atom stereocenters. The second kappa shape index (κ2) is 12.4. The van der Waals surface area contributed by atoms with Crippen molar-refractivity contribution < 1.29 is 0 Å². The van der Waals surface area contributed by atoms with Crippen molar-refractivity contribution in [1.29, 1.82) is 0 Å². The molecule has 0 spiro atoms. The van der Waals surface area contributed by atoms with E-state index in [1.54, 1.807) is 0 Å². The van der Waals surface area contributed by atoms with E-state index >= 15 is 0 Å². The zero-order valence-electron chi connectivity index (χ0n) is 25.6. The van der Waals surface area contributed by atoms with Gasteiger partial charge in [0.15, 0.2) is 5.82 Å². The number of aryl methyl sites for hydroxylation is 1. The predicted octanol–water partition coefficient (Wildman–Crippen LogP) is 10.7. The van der Waals surface area contributed by atoms with Crippen LogP contribution in [0.2, 0.25) is 0 Å². The molecule has 0 saturated heterocycles. The van der Waals surface area contributed by atoms with Gasteiger partial charge < -0.3 is 0 Å². The first-order valence-corrected chi connectivity index (χ1v) is 16.1. The molecule has 2 heterocycles. The molecule has 0 atom stereocenters. The van der Waals surface area contributed by atoms with E-state index in [4.69, 9.17) is 15.0 Å². The Hall–Kier alpha value is -5.67. The van der Waals surface area contributed by atoms with Crippen LogP contribution in [-0.4, -0.2) is 15.0 Å². The van der Waals surface area contributed by atoms with Crippen molar-refractivity contribution >= 4 is 11.1 Å². The normalized spacial score (nSPS) is 13.9. The Kier molecular flexibility index (Phi) is 7.49. The fourth-order valence-electron chi connectivity index (χ4n) is 6.57. The summed E-state index contributed by atoms with van der Waals surface area (Å²) < 4.78 is 0. The monoisotopic (exact) mass is 591 g/mol. The lowest BCUT2D eigenvalue weighted by molar-refractivity contribution is 0.955. The Morgan fingerprint density at radius 1 is 0.478 bits per heavy atom. The summed E-state index contributed by atoms with van der Waals surface area (Å²) in [4.78, 5) is 15.2. The van der Waals surface area contributed by atoms with Gasteiger partial charge in [-0.15, -0.1) is 0 Å². The van der Waals surface area contributed by atoms with E-state index in [2.05, 4.69) is 140 Å². The highest BCUT2D eigenvalue weighted by atomic mass is 14.9. The Bertz CT molecular complexity index is 2100. The van der Waals surface area contributed by atoms with Crippen molar-refractivity contribution in [2.75, 3.05) is 0 Å². The first-order chi connectivity index (χ1) is 22.8. The van der Waals surface area contributed by atoms with Gasteiger partial charge in [-0.3, -0.25) is 4.98 Å². The highest BCUT2D eigenvalue weighted by Gasteiger charge is 2.21. The topological polar surface area (TPSA) is 38.7 Å². The molecule has 0 aliphatic heterocycles. The van der Waals surface area contributed by atoms with Gasteiger partial charge >= 0.3 is 0 Å². The molecule has 4 aromatic carbocycles. The first kappa shape index (κ1) is 27.8. The largest absolute Gasteiger partial charge is 0.256 e. The fraction of sp³-hybridized carbons (Fsp3) is 0.0930. The number of hydrogen-bond acceptors (Lipinski definition) is 3. The maximum absolute atomic E-state index is 5.29. The molecule has 0 fully saturated rings. The quantitative estimate of drug-likeness (QED) is 0.193. The average molecular weight is 592 g/mol. The zero-order chi connectivity index (χ0) is 30.7. The lowest BCUT2D eigenvalue weighted by Crippen LogP contribution is -2.04. The van der Waals surface area contributed by atoms with E-state index in [1.165, 1.54) is 27.8 Å². The molecular weight excluding hydrogens is 558 g/mol. The summed E-state index contributed by atoms with van der Waals surface area (Å²) in [5, 5.41) is 0. The molecule has 8 rings (SSSR count). The molecule has 2 aliphatic carbocycles. The number of benzene rings is 4. The Morgan fingerprint density at radius 2 is 1.13 bits per heavy atom. The number of aromatic nitrogens is 3. The van der Waals surface area contributed by atoms with Crippen molar-refractivity contribution in [1.82, 2.24) is 15.0 Å². The smallest absolute Gasteiger partial charge is 0.160 e. The van der Waals surface area contributed by atoms with Crippen LogP contribution in [0.4, 0.5) is 0 Å². The number of rotatable bonds is 6. The Morgan fingerprint density at radius 3 is 1.83 bits per heavy atom. The van der Waals surface area contributed by atoms with Crippen LogP contribution >= 0.6 is 0 Å². The van der Waals surface area contributed by atoms with Crippen LogP contribution < -0.4 is 0 Å². The van der Waals surface area contributed by atoms with Crippen LogP contribution in [0.1, 0.15) is 41.8 Å². The van der Waals surface area contributed by atoms with Gasteiger partial charge in [-0.05, 0) is 65.1 Å². The van der Waals surface area contributed by atoms with Crippen LogP contribution in [-0.2, 0) is 6.42 Å². The van der Waals surface area contributed by atoms with E-state index < -0.39 is 0 Å². The summed E-state index contributed by atoms with van der Waals surface area (Å²) in [6.07, 6.45) is 14.9. The van der Waals surface area contributed by atoms with Gasteiger partial charge in [-0.25, -0.2) is 9.97 Å². The molecule has 220 valence electrons. The van der Waals surface area contributed by atoms with Gasteiger partial charge in [0.05, 0.1) is 17.1 Å². The van der Waals surface area contributed by atoms with Gasteiger partial charge in [0.25, 0.3) is 0 Å². The molecule has 2 aliphatic rings. The summed E-state index contributed by atoms with van der Waals surface area (Å²) >= 11 is 0. The molecule has 0 bridgehead atoms. The molecular formula is C43H33N3. The van der Waals surface area contributed by atoms with Crippen molar-refractivity contribution in [3.05, 3.63) is 174 Å². The minimum atomic E-state index is 0.737. The van der Waals surface area contributed by atoms with Gasteiger partial charge in [0.1, 0.15) is 0 Å². The van der Waals surface area contributed by atoms with Gasteiger partial charge in [-0.1, -0.05) is 140 Å². The van der Waals surface area contributed by atoms with Gasteiger partial charge in [-0.2, -0.15) is 0 Å². The van der Waals surface area contributed by atoms with Crippen molar-refractivity contribution in [2.24, 2.45) is 0 Å². The first-order valence-electron chi connectivity index (χ1n) is 16.1. The minimum Gasteiger partial charge on any atom is -0.256 e. The minimum absolute atomic E-state index is 0.737. The van der Waals surface area contributed by atoms with Crippen LogP contribution in [0.3, 0.4) is 0 Å². The molecule has 3 heteroatoms. The maximum atomic E-state index is 5.29. The highest BCUT2D eigenvalue weighted by Crippen LogP contribution is 2.40. The van der Waals surface area contributed by atoms with Crippen LogP contribution in [0.15, 0.2) is 152 Å². The molecule has 0 saturated carbocycles. The third kappa shape index (κ3) is 5.41. The standard InChI is InChI=1S/C43H33N3/c1-4-12-33(13-5-1)39-41(35-14-6-2-7-15-35)45-43(46-42(39)36-16-8-3-9-17-36)37-27-23-31(24-28-37)30-21-25-32(26-22-30)38-20-10-18-34-19-11-29-44-40(34)38/h1-8,11-16,19-29H,9-10,17-18H2. The second-order valence-electron chi connectivity index (χ2n) is 11.8. The number of fused-ring (bicyclic) bond motifs is 1. The number of hydrogen-bond donors (Lipinski definition) is 0. The Balaban J connectivity index is 1.18. The number of allylic oxidation sites excluding steroid dienone is 5. The van der Waals surface area contributed by atoms with E-state index in [0.29, 0.717) is 0 Å². The SMILES string of the molecule is C1=CCCC(c2nc(-c3ccc(-c4ccc(C5=CCCc6cccnc65)cc4)cc3)nc(-c3ccccc3)c2-c2ccccc2)=C1. The van der Waals surface area contributed by atoms with Crippen molar-refractivity contribution in [2.45, 2.75) is 25.7 Å². The lowest BCUT2D eigenvalue weighted by atomic mass is 9.90. The van der Waals surface area contributed by atoms with Gasteiger partial charge in [0.2, 0.25) is 0 Å². The average Bonchev–Trinajstić information content (AvgIpc) is 3.15. The van der Waals surface area contributed by atoms with E-state index in [1.807, 2.05) is 12.3 Å². The van der Waals surface area contributed by atoms with Crippen molar-refractivity contribution in [3.63, 3.8) is 0 Å². The number of pyridine rings is 1. The van der Waals surface area contributed by atoms with Crippen LogP contribution in [0.5, 0.6) is 0 Å². The summed E-state index contributed by atoms with van der Waals surface area (Å²) in [5.41, 5.74) is 14.7. The fourth-order valence-corrected chi connectivity index (χ4v) is 6.57. The van der Waals surface area contributed by atoms with E-state index in [-0.39, 0.29) is 0 Å². The maximum Gasteiger partial charge on any atom is 0.160 e. The summed E-state index contributed by atoms with van der Waals surface area (Å²) in [7, 11) is 0. The summed E-state index contributed by atoms with van der Waals surface area (Å²) in [6.45, 7) is 0. The van der Waals surface area contributed by atoms with Crippen molar-refractivity contribution in [3.8, 4) is 44.9 Å². The second-order valence-corrected chi connectivity index (χ2v) is 11.8. The zero-order valence-corrected chi connectivity index (χ0v) is 25.6. The molecule has 2 aromatic heterocycles. The summed E-state index contributed by atoms with van der Waals surface area (Å²) in [6, 6.07) is 42.8. The van der Waals surface area contributed by atoms with Crippen LogP contribution in [0, 0.1) is 0 Å². The van der Waals surface area contributed by atoms with E-state index in [9.17, 15) is 0 Å². The lowest BCUT2D eigenvalue weighted by Gasteiger charge is -2.19. The van der Waals surface area contributed by atoms with Crippen LogP contribution in [0.25, 0.3) is 56.0 Å².